The number of aliphatic carboxylic acids is 1. The Morgan fingerprint density at radius 1 is 0.837 bits per heavy atom. The predicted molar refractivity (Wildman–Crippen MR) is 185 cm³/mol. The Morgan fingerprint density at radius 2 is 1.49 bits per heavy atom. The van der Waals surface area contributed by atoms with Crippen molar-refractivity contribution in [3.63, 3.8) is 0 Å². The summed E-state index contributed by atoms with van der Waals surface area (Å²) < 4.78 is 27.7. The van der Waals surface area contributed by atoms with Crippen molar-refractivity contribution in [2.75, 3.05) is 11.9 Å². The summed E-state index contributed by atoms with van der Waals surface area (Å²) in [4.78, 5) is 51.5. The van der Waals surface area contributed by atoms with E-state index in [1.165, 1.54) is 29.5 Å². The molecule has 1 amide bonds. The van der Waals surface area contributed by atoms with E-state index in [0.29, 0.717) is 29.0 Å². The molecule has 0 bridgehead atoms. The highest BCUT2D eigenvalue weighted by molar-refractivity contribution is 7.89. The largest absolute Gasteiger partial charge is 0.480 e. The number of carbonyl (C=O) groups excluding carboxylic acids is 2. The van der Waals surface area contributed by atoms with Gasteiger partial charge in [0, 0.05) is 33.5 Å². The summed E-state index contributed by atoms with van der Waals surface area (Å²) >= 11 is 1.46. The minimum Gasteiger partial charge on any atom is -0.480 e. The minimum atomic E-state index is -4.13. The van der Waals surface area contributed by atoms with E-state index in [1.807, 2.05) is 36.4 Å². The second kappa shape index (κ2) is 14.5. The number of hydrogen-bond donors (Lipinski definition) is 3. The summed E-state index contributed by atoms with van der Waals surface area (Å²) in [5.74, 6) is -2.82. The summed E-state index contributed by atoms with van der Waals surface area (Å²) in [6.45, 7) is -0.641. The van der Waals surface area contributed by atoms with E-state index in [9.17, 15) is 32.7 Å². The number of anilines is 1. The lowest BCUT2D eigenvalue weighted by molar-refractivity contribution is -0.137. The Hall–Kier alpha value is -4.65. The molecule has 1 aromatic heterocycles. The molecule has 6 rings (SSSR count). The molecule has 10 nitrogen and oxygen atoms in total. The number of carbonyl (C=O) groups is 4. The van der Waals surface area contributed by atoms with Gasteiger partial charge in [0.1, 0.15) is 6.54 Å². The number of nitrogens with one attached hydrogen (secondary N) is 1. The molecule has 2 aliphatic rings. The number of carboxylic acids is 2. The first-order chi connectivity index (χ1) is 23.5. The molecule has 1 saturated carbocycles. The third-order valence-corrected chi connectivity index (χ3v) is 12.1. The van der Waals surface area contributed by atoms with Crippen molar-refractivity contribution >= 4 is 50.7 Å². The van der Waals surface area contributed by atoms with Crippen LogP contribution in [0.5, 0.6) is 0 Å². The van der Waals surface area contributed by atoms with Crippen molar-refractivity contribution in [1.82, 2.24) is 4.31 Å². The lowest BCUT2D eigenvalue weighted by atomic mass is 9.93. The number of fused-ring (bicyclic) bond motifs is 1. The van der Waals surface area contributed by atoms with E-state index in [-0.39, 0.29) is 40.2 Å². The molecule has 254 valence electrons. The molecule has 3 N–H and O–H groups in total. The molecule has 0 radical (unpaired) electrons. The van der Waals surface area contributed by atoms with Gasteiger partial charge in [0.25, 0.3) is 5.91 Å². The van der Waals surface area contributed by atoms with Gasteiger partial charge in [-0.05, 0) is 104 Å². The van der Waals surface area contributed by atoms with Gasteiger partial charge in [-0.2, -0.15) is 4.31 Å². The molecule has 1 heterocycles. The van der Waals surface area contributed by atoms with Crippen molar-refractivity contribution in [1.29, 1.82) is 0 Å². The zero-order valence-corrected chi connectivity index (χ0v) is 28.3. The fraction of sp³-hybridized carbons (Fsp3) is 0.297. The Morgan fingerprint density at radius 3 is 2.12 bits per heavy atom. The quantitative estimate of drug-likeness (QED) is 0.135. The van der Waals surface area contributed by atoms with Crippen LogP contribution in [-0.4, -0.2) is 59.2 Å². The van der Waals surface area contributed by atoms with Crippen LogP contribution in [0, 0.1) is 0 Å². The van der Waals surface area contributed by atoms with Crippen molar-refractivity contribution in [3.8, 4) is 0 Å². The summed E-state index contributed by atoms with van der Waals surface area (Å²) in [7, 11) is -4.13. The number of aryl methyl sites for hydroxylation is 3. The number of amides is 1. The fourth-order valence-corrected chi connectivity index (χ4v) is 9.25. The Labute approximate surface area is 288 Å². The van der Waals surface area contributed by atoms with Crippen LogP contribution in [0.2, 0.25) is 0 Å². The van der Waals surface area contributed by atoms with E-state index in [4.69, 9.17) is 5.11 Å². The van der Waals surface area contributed by atoms with E-state index in [0.717, 1.165) is 64.4 Å². The SMILES string of the molecule is O=C(O)CN(C1CC1)S(=O)(=O)c1cccc(C(=O)Cc2sc3c(c2C(=O)Nc2ccc(CCc4ccc(C(=O)O)cc4)cc2)CCCC3)c1. The molecule has 2 aliphatic carbocycles. The van der Waals surface area contributed by atoms with Crippen molar-refractivity contribution in [2.45, 2.75) is 68.7 Å². The van der Waals surface area contributed by atoms with Gasteiger partial charge in [0.05, 0.1) is 16.0 Å². The zero-order chi connectivity index (χ0) is 34.7. The monoisotopic (exact) mass is 700 g/mol. The number of thiophene rings is 1. The van der Waals surface area contributed by atoms with Crippen molar-refractivity contribution in [2.24, 2.45) is 0 Å². The zero-order valence-electron chi connectivity index (χ0n) is 26.7. The van der Waals surface area contributed by atoms with Gasteiger partial charge in [-0.25, -0.2) is 13.2 Å². The maximum absolute atomic E-state index is 13.8. The topological polar surface area (TPSA) is 158 Å². The van der Waals surface area contributed by atoms with Crippen LogP contribution in [0.1, 0.15) is 83.2 Å². The van der Waals surface area contributed by atoms with Gasteiger partial charge in [-0.3, -0.25) is 14.4 Å². The molecule has 12 heteroatoms. The molecule has 3 aromatic carbocycles. The average molecular weight is 701 g/mol. The number of Topliss-reactive ketones (excluding diaryl/α,β-unsaturated/α-hetero) is 1. The third kappa shape index (κ3) is 7.98. The highest BCUT2D eigenvalue weighted by atomic mass is 32.2. The lowest BCUT2D eigenvalue weighted by Crippen LogP contribution is -2.37. The molecule has 4 aromatic rings. The van der Waals surface area contributed by atoms with Crippen LogP contribution < -0.4 is 5.32 Å². The van der Waals surface area contributed by atoms with E-state index < -0.39 is 28.5 Å². The van der Waals surface area contributed by atoms with Gasteiger partial charge in [-0.15, -0.1) is 11.3 Å². The second-order valence-electron chi connectivity index (χ2n) is 12.5. The Bertz CT molecular complexity index is 2010. The number of nitrogens with zero attached hydrogens (tertiary/aromatic N) is 1. The van der Waals surface area contributed by atoms with E-state index >= 15 is 0 Å². The molecule has 49 heavy (non-hydrogen) atoms. The van der Waals surface area contributed by atoms with E-state index in [1.54, 1.807) is 18.2 Å². The number of ketones is 1. The summed E-state index contributed by atoms with van der Waals surface area (Å²) in [5, 5.41) is 21.4. The van der Waals surface area contributed by atoms with Crippen LogP contribution in [0.3, 0.4) is 0 Å². The lowest BCUT2D eigenvalue weighted by Gasteiger charge is -2.20. The van der Waals surface area contributed by atoms with Crippen LogP contribution >= 0.6 is 11.3 Å². The number of carboxylic acid groups (broad SMARTS) is 2. The summed E-state index contributed by atoms with van der Waals surface area (Å²) in [6.07, 6.45) is 6.11. The van der Waals surface area contributed by atoms with Gasteiger partial charge in [0.2, 0.25) is 10.0 Å². The van der Waals surface area contributed by atoms with Crippen molar-refractivity contribution < 1.29 is 37.8 Å². The molecular formula is C37H36N2O8S2. The first kappa shape index (κ1) is 34.2. The third-order valence-electron chi connectivity index (χ3n) is 8.92. The number of benzene rings is 3. The average Bonchev–Trinajstić information content (AvgIpc) is 3.86. The van der Waals surface area contributed by atoms with Crippen molar-refractivity contribution in [3.05, 3.63) is 116 Å². The van der Waals surface area contributed by atoms with Crippen LogP contribution in [0.15, 0.2) is 77.7 Å². The molecular weight excluding hydrogens is 665 g/mol. The highest BCUT2D eigenvalue weighted by Crippen LogP contribution is 2.36. The molecule has 1 fully saturated rings. The smallest absolute Gasteiger partial charge is 0.335 e. The molecule has 0 saturated heterocycles. The van der Waals surface area contributed by atoms with Gasteiger partial charge in [0.15, 0.2) is 5.78 Å². The maximum Gasteiger partial charge on any atom is 0.335 e. The fourth-order valence-electron chi connectivity index (χ4n) is 6.18. The molecule has 0 unspecified atom stereocenters. The normalized spacial score (nSPS) is 14.3. The van der Waals surface area contributed by atoms with Crippen LogP contribution in [0.25, 0.3) is 0 Å². The van der Waals surface area contributed by atoms with Crippen LogP contribution in [0.4, 0.5) is 5.69 Å². The number of rotatable bonds is 14. The number of aromatic carboxylic acids is 1. The predicted octanol–water partition coefficient (Wildman–Crippen LogP) is 6.03. The molecule has 0 aliphatic heterocycles. The molecule has 0 spiro atoms. The summed E-state index contributed by atoms with van der Waals surface area (Å²) in [5.41, 5.74) is 4.60. The van der Waals surface area contributed by atoms with Gasteiger partial charge < -0.3 is 15.5 Å². The van der Waals surface area contributed by atoms with Gasteiger partial charge in [-0.1, -0.05) is 36.4 Å². The van der Waals surface area contributed by atoms with Gasteiger partial charge >= 0.3 is 11.9 Å². The summed E-state index contributed by atoms with van der Waals surface area (Å²) in [6, 6.07) is 19.7. The van der Waals surface area contributed by atoms with E-state index in [2.05, 4.69) is 5.32 Å². The Kier molecular flexibility index (Phi) is 10.1. The second-order valence-corrected chi connectivity index (χ2v) is 15.5. The highest BCUT2D eigenvalue weighted by Gasteiger charge is 2.39. The molecule has 0 atom stereocenters. The first-order valence-corrected chi connectivity index (χ1v) is 18.5. The van der Waals surface area contributed by atoms with Crippen LogP contribution in [-0.2, 0) is 46.9 Å². The standard InChI is InChI=1S/C37H36N2O8S2/c40-31(26-4-3-5-29(20-26)49(46,47)39(22-34(41)42)28-18-19-28)21-33-35(30-6-1-2-7-32(30)48-33)36(43)38-27-16-12-24(13-17-27)9-8-23-10-14-25(15-11-23)37(44)45/h3-5,10-17,20,28H,1-2,6-9,18-19,21-22H2,(H,38,43)(H,41,42)(H,44,45). The first-order valence-electron chi connectivity index (χ1n) is 16.2. The number of hydrogen-bond acceptors (Lipinski definition) is 7. The minimum absolute atomic E-state index is 0.0717. The Balaban J connectivity index is 1.16. The number of sulfonamides is 1. The maximum atomic E-state index is 13.8.